The third-order valence-corrected chi connectivity index (χ3v) is 3.11. The number of hydrogen-bond donors (Lipinski definition) is 1. The van der Waals surface area contributed by atoms with Gasteiger partial charge in [-0.15, -0.1) is 5.48 Å². The first kappa shape index (κ1) is 15.5. The van der Waals surface area contributed by atoms with Crippen molar-refractivity contribution in [3.05, 3.63) is 29.2 Å². The van der Waals surface area contributed by atoms with Gasteiger partial charge in [-0.25, -0.2) is 4.98 Å². The molecular formula is C12H13F4N3O2. The molecule has 21 heavy (non-hydrogen) atoms. The molecule has 0 radical (unpaired) electrons. The van der Waals surface area contributed by atoms with E-state index < -0.39 is 29.1 Å². The molecular weight excluding hydrogens is 294 g/mol. The molecule has 1 aliphatic rings. The minimum atomic E-state index is -4.95. The normalized spacial score (nSPS) is 22.0. The monoisotopic (exact) mass is 307 g/mol. The van der Waals surface area contributed by atoms with Gasteiger partial charge in [0.05, 0.1) is 7.11 Å². The van der Waals surface area contributed by atoms with E-state index in [0.717, 1.165) is 7.11 Å². The molecule has 9 heteroatoms. The summed E-state index contributed by atoms with van der Waals surface area (Å²) in [5.74, 6) is -2.25. The Morgan fingerprint density at radius 3 is 2.48 bits per heavy atom. The van der Waals surface area contributed by atoms with Crippen molar-refractivity contribution in [1.82, 2.24) is 15.4 Å². The lowest BCUT2D eigenvalue weighted by Crippen LogP contribution is -2.38. The Balaban J connectivity index is 2.61. The van der Waals surface area contributed by atoms with Gasteiger partial charge in [-0.2, -0.15) is 22.5 Å². The summed E-state index contributed by atoms with van der Waals surface area (Å²) in [6, 6.07) is 0. The summed E-state index contributed by atoms with van der Waals surface area (Å²) in [6.45, 7) is 3.37. The first-order chi connectivity index (χ1) is 9.73. The second-order valence-electron chi connectivity index (χ2n) is 4.50. The van der Waals surface area contributed by atoms with Crippen LogP contribution in [0.15, 0.2) is 11.8 Å². The molecule has 2 heterocycles. The zero-order valence-electron chi connectivity index (χ0n) is 11.5. The molecule has 1 aromatic rings. The number of halogens is 4. The second-order valence-corrected chi connectivity index (χ2v) is 4.50. The van der Waals surface area contributed by atoms with Crippen LogP contribution in [0.2, 0.25) is 0 Å². The molecule has 0 spiro atoms. The molecule has 0 saturated heterocycles. The third-order valence-electron chi connectivity index (χ3n) is 3.11. The highest BCUT2D eigenvalue weighted by Crippen LogP contribution is 2.38. The predicted molar refractivity (Wildman–Crippen MR) is 63.5 cm³/mol. The fourth-order valence-corrected chi connectivity index (χ4v) is 2.02. The van der Waals surface area contributed by atoms with Crippen LogP contribution in [0, 0.1) is 5.95 Å². The van der Waals surface area contributed by atoms with E-state index in [0.29, 0.717) is 12.2 Å². The van der Waals surface area contributed by atoms with Crippen LogP contribution < -0.4 is 10.2 Å². The molecule has 116 valence electrons. The van der Waals surface area contributed by atoms with Gasteiger partial charge in [0.2, 0.25) is 11.8 Å². The first-order valence-electron chi connectivity index (χ1n) is 6.06. The fraction of sp³-hybridized carbons (Fsp3) is 0.500. The van der Waals surface area contributed by atoms with Crippen molar-refractivity contribution >= 4 is 0 Å². The molecule has 0 fully saturated rings. The van der Waals surface area contributed by atoms with Crippen LogP contribution in [0.4, 0.5) is 17.6 Å². The van der Waals surface area contributed by atoms with Gasteiger partial charge in [-0.05, 0) is 19.4 Å². The van der Waals surface area contributed by atoms with Gasteiger partial charge < -0.3 is 9.57 Å². The average Bonchev–Trinajstić information content (AvgIpc) is 2.79. The fourth-order valence-electron chi connectivity index (χ4n) is 2.02. The van der Waals surface area contributed by atoms with Crippen LogP contribution in [0.5, 0.6) is 5.88 Å². The summed E-state index contributed by atoms with van der Waals surface area (Å²) in [5.41, 5.74) is -0.119. The molecule has 1 atom stereocenters. The smallest absolute Gasteiger partial charge is 0.426 e. The number of hydrogen-bond acceptors (Lipinski definition) is 5. The van der Waals surface area contributed by atoms with Crippen molar-refractivity contribution in [2.75, 3.05) is 7.11 Å². The highest BCUT2D eigenvalue weighted by molar-refractivity contribution is 5.32. The quantitative estimate of drug-likeness (QED) is 0.687. The lowest BCUT2D eigenvalue weighted by molar-refractivity contribution is -0.142. The van der Waals surface area contributed by atoms with Gasteiger partial charge in [0.15, 0.2) is 11.4 Å². The number of allylic oxidation sites excluding steroid dienone is 1. The predicted octanol–water partition coefficient (Wildman–Crippen LogP) is 2.69. The van der Waals surface area contributed by atoms with Crippen molar-refractivity contribution in [1.29, 1.82) is 0 Å². The summed E-state index contributed by atoms with van der Waals surface area (Å²) in [6.07, 6.45) is -3.02. The standard InChI is InChI=1S/C12H13F4N3O2/c1-4-11(5-6(2)21-19-11)10-17-8(13)7(12(14,15)16)9(18-10)20-3/h5,19H,4H2,1-3H3. The summed E-state index contributed by atoms with van der Waals surface area (Å²) in [5, 5.41) is 0. The third kappa shape index (κ3) is 2.65. The van der Waals surface area contributed by atoms with Crippen LogP contribution in [-0.4, -0.2) is 17.1 Å². The maximum absolute atomic E-state index is 13.8. The maximum Gasteiger partial charge on any atom is 0.426 e. The Bertz CT molecular complexity index is 589. The number of methoxy groups -OCH3 is 1. The van der Waals surface area contributed by atoms with E-state index in [4.69, 9.17) is 4.84 Å². The highest BCUT2D eigenvalue weighted by atomic mass is 19.4. The summed E-state index contributed by atoms with van der Waals surface area (Å²) in [4.78, 5) is 12.1. The number of aromatic nitrogens is 2. The molecule has 0 bridgehead atoms. The largest absolute Gasteiger partial charge is 0.480 e. The SMILES string of the molecule is CCC1(c2nc(F)c(C(F)(F)F)c(OC)n2)C=C(C)ON1. The van der Waals surface area contributed by atoms with Gasteiger partial charge in [0, 0.05) is 0 Å². The number of hydroxylamine groups is 1. The van der Waals surface area contributed by atoms with E-state index in [1.165, 1.54) is 0 Å². The van der Waals surface area contributed by atoms with Gasteiger partial charge in [-0.3, -0.25) is 0 Å². The van der Waals surface area contributed by atoms with Gasteiger partial charge in [0.1, 0.15) is 11.3 Å². The van der Waals surface area contributed by atoms with Crippen LogP contribution in [0.3, 0.4) is 0 Å². The molecule has 5 nitrogen and oxygen atoms in total. The van der Waals surface area contributed by atoms with E-state index in [9.17, 15) is 17.6 Å². The molecule has 0 amide bonds. The number of rotatable bonds is 3. The van der Waals surface area contributed by atoms with Crippen LogP contribution in [0.1, 0.15) is 31.7 Å². The van der Waals surface area contributed by atoms with Gasteiger partial charge in [-0.1, -0.05) is 6.92 Å². The van der Waals surface area contributed by atoms with Crippen molar-refractivity contribution in [2.24, 2.45) is 0 Å². The molecule has 0 aliphatic carbocycles. The van der Waals surface area contributed by atoms with Crippen LogP contribution in [0.25, 0.3) is 0 Å². The Labute approximate surface area is 117 Å². The average molecular weight is 307 g/mol. The minimum Gasteiger partial charge on any atom is -0.480 e. The Morgan fingerprint density at radius 1 is 1.38 bits per heavy atom. The van der Waals surface area contributed by atoms with E-state index in [-0.39, 0.29) is 5.82 Å². The second kappa shape index (κ2) is 5.14. The van der Waals surface area contributed by atoms with Crippen LogP contribution >= 0.6 is 0 Å². The number of nitrogens with zero attached hydrogens (tertiary/aromatic N) is 2. The molecule has 2 rings (SSSR count). The van der Waals surface area contributed by atoms with Crippen molar-refractivity contribution in [3.8, 4) is 5.88 Å². The van der Waals surface area contributed by atoms with Gasteiger partial charge >= 0.3 is 6.18 Å². The summed E-state index contributed by atoms with van der Waals surface area (Å²) in [7, 11) is 0.985. The van der Waals surface area contributed by atoms with E-state index >= 15 is 0 Å². The summed E-state index contributed by atoms with van der Waals surface area (Å²) < 4.78 is 56.8. The molecule has 1 aromatic heterocycles. The van der Waals surface area contributed by atoms with Gasteiger partial charge in [0.25, 0.3) is 0 Å². The molecule has 1 unspecified atom stereocenters. The lowest BCUT2D eigenvalue weighted by Gasteiger charge is -2.23. The first-order valence-corrected chi connectivity index (χ1v) is 6.06. The van der Waals surface area contributed by atoms with E-state index in [1.807, 2.05) is 0 Å². The number of nitrogens with one attached hydrogen (secondary N) is 1. The maximum atomic E-state index is 13.8. The topological polar surface area (TPSA) is 56.3 Å². The van der Waals surface area contributed by atoms with E-state index in [2.05, 4.69) is 20.2 Å². The molecule has 0 saturated carbocycles. The lowest BCUT2D eigenvalue weighted by atomic mass is 9.95. The van der Waals surface area contributed by atoms with E-state index in [1.54, 1.807) is 19.9 Å². The summed E-state index contributed by atoms with van der Waals surface area (Å²) >= 11 is 0. The van der Waals surface area contributed by atoms with Crippen molar-refractivity contribution in [3.63, 3.8) is 0 Å². The van der Waals surface area contributed by atoms with Crippen molar-refractivity contribution < 1.29 is 27.1 Å². The Morgan fingerprint density at radius 2 is 2.05 bits per heavy atom. The molecule has 0 aromatic carbocycles. The Hall–Kier alpha value is -1.90. The Kier molecular flexibility index (Phi) is 3.79. The van der Waals surface area contributed by atoms with Crippen LogP contribution in [-0.2, 0) is 16.6 Å². The van der Waals surface area contributed by atoms with Crippen molar-refractivity contribution in [2.45, 2.75) is 32.0 Å². The zero-order valence-corrected chi connectivity index (χ0v) is 11.5. The molecule has 1 aliphatic heterocycles. The highest BCUT2D eigenvalue weighted by Gasteiger charge is 2.43. The number of alkyl halides is 3. The number of ether oxygens (including phenoxy) is 1. The molecule has 1 N–H and O–H groups in total. The minimum absolute atomic E-state index is 0.191. The zero-order chi connectivity index (χ0) is 15.8.